The lowest BCUT2D eigenvalue weighted by Gasteiger charge is -2.30. The zero-order valence-corrected chi connectivity index (χ0v) is 8.91. The summed E-state index contributed by atoms with van der Waals surface area (Å²) in [5.41, 5.74) is 0. The van der Waals surface area contributed by atoms with Crippen molar-refractivity contribution < 1.29 is 0 Å². The van der Waals surface area contributed by atoms with Crippen LogP contribution < -0.4 is 0 Å². The molecule has 1 saturated carbocycles. The second kappa shape index (κ2) is 4.79. The number of nitriles is 1. The molecule has 78 valence electrons. The standard InChI is InChI=1S/C12H20N2/c13-9-11-5-7-14(8-6-11)10-12-3-1-2-4-12/h11-12H,1-8,10H2. The van der Waals surface area contributed by atoms with Crippen LogP contribution in [0.15, 0.2) is 0 Å². The molecule has 2 heteroatoms. The summed E-state index contributed by atoms with van der Waals surface area (Å²) in [6, 6.07) is 2.39. The SMILES string of the molecule is N#CC1CCN(CC2CCCC2)CC1. The summed E-state index contributed by atoms with van der Waals surface area (Å²) < 4.78 is 0. The van der Waals surface area contributed by atoms with Crippen molar-refractivity contribution in [2.45, 2.75) is 38.5 Å². The Morgan fingerprint density at radius 3 is 2.29 bits per heavy atom. The molecule has 1 saturated heterocycles. The van der Waals surface area contributed by atoms with Crippen molar-refractivity contribution in [1.29, 1.82) is 5.26 Å². The molecule has 14 heavy (non-hydrogen) atoms. The predicted molar refractivity (Wildman–Crippen MR) is 56.7 cm³/mol. The molecule has 1 heterocycles. The van der Waals surface area contributed by atoms with E-state index in [9.17, 15) is 0 Å². The average Bonchev–Trinajstić information content (AvgIpc) is 2.72. The van der Waals surface area contributed by atoms with Crippen molar-refractivity contribution in [2.75, 3.05) is 19.6 Å². The van der Waals surface area contributed by atoms with E-state index in [0.29, 0.717) is 5.92 Å². The molecular weight excluding hydrogens is 172 g/mol. The molecule has 2 nitrogen and oxygen atoms in total. The molecule has 2 fully saturated rings. The van der Waals surface area contributed by atoms with Crippen LogP contribution in [0.25, 0.3) is 0 Å². The molecule has 2 aliphatic rings. The number of nitrogens with zero attached hydrogens (tertiary/aromatic N) is 2. The summed E-state index contributed by atoms with van der Waals surface area (Å²) in [6.45, 7) is 3.63. The molecule has 0 amide bonds. The largest absolute Gasteiger partial charge is 0.303 e. The van der Waals surface area contributed by atoms with Crippen LogP contribution in [-0.4, -0.2) is 24.5 Å². The van der Waals surface area contributed by atoms with Crippen LogP contribution in [0.3, 0.4) is 0 Å². The van der Waals surface area contributed by atoms with Gasteiger partial charge in [-0.25, -0.2) is 0 Å². The number of hydrogen-bond donors (Lipinski definition) is 0. The molecule has 0 radical (unpaired) electrons. The van der Waals surface area contributed by atoms with Crippen molar-refractivity contribution in [2.24, 2.45) is 11.8 Å². The van der Waals surface area contributed by atoms with Gasteiger partial charge in [0.15, 0.2) is 0 Å². The Kier molecular flexibility index (Phi) is 3.42. The second-order valence-electron chi connectivity index (χ2n) is 4.85. The average molecular weight is 192 g/mol. The summed E-state index contributed by atoms with van der Waals surface area (Å²) in [5, 5.41) is 8.79. The fourth-order valence-corrected chi connectivity index (χ4v) is 2.80. The van der Waals surface area contributed by atoms with Gasteiger partial charge in [-0.05, 0) is 44.7 Å². The van der Waals surface area contributed by atoms with Crippen LogP contribution in [0.2, 0.25) is 0 Å². The first-order chi connectivity index (χ1) is 6.88. The molecule has 0 spiro atoms. The van der Waals surface area contributed by atoms with Crippen LogP contribution >= 0.6 is 0 Å². The van der Waals surface area contributed by atoms with E-state index in [1.807, 2.05) is 0 Å². The Hall–Kier alpha value is -0.550. The molecular formula is C12H20N2. The third kappa shape index (κ3) is 2.48. The molecule has 0 atom stereocenters. The maximum atomic E-state index is 8.79. The van der Waals surface area contributed by atoms with Gasteiger partial charge in [0.25, 0.3) is 0 Å². The van der Waals surface area contributed by atoms with Gasteiger partial charge in [0, 0.05) is 12.5 Å². The van der Waals surface area contributed by atoms with Gasteiger partial charge in [0.1, 0.15) is 0 Å². The van der Waals surface area contributed by atoms with Crippen molar-refractivity contribution >= 4 is 0 Å². The number of piperidine rings is 1. The fraction of sp³-hybridized carbons (Fsp3) is 0.917. The van der Waals surface area contributed by atoms with E-state index in [-0.39, 0.29) is 0 Å². The molecule has 0 N–H and O–H groups in total. The van der Waals surface area contributed by atoms with Gasteiger partial charge in [-0.15, -0.1) is 0 Å². The van der Waals surface area contributed by atoms with Crippen LogP contribution in [0.5, 0.6) is 0 Å². The van der Waals surface area contributed by atoms with Crippen molar-refractivity contribution in [1.82, 2.24) is 4.90 Å². The van der Waals surface area contributed by atoms with Gasteiger partial charge in [-0.1, -0.05) is 12.8 Å². The van der Waals surface area contributed by atoms with E-state index < -0.39 is 0 Å². The second-order valence-corrected chi connectivity index (χ2v) is 4.85. The van der Waals surface area contributed by atoms with Crippen molar-refractivity contribution in [3.63, 3.8) is 0 Å². The fourth-order valence-electron chi connectivity index (χ4n) is 2.80. The van der Waals surface area contributed by atoms with Crippen LogP contribution in [0.1, 0.15) is 38.5 Å². The lowest BCUT2D eigenvalue weighted by molar-refractivity contribution is 0.178. The molecule has 0 aromatic carbocycles. The Morgan fingerprint density at radius 1 is 1.07 bits per heavy atom. The van der Waals surface area contributed by atoms with Crippen LogP contribution in [0.4, 0.5) is 0 Å². The number of hydrogen-bond acceptors (Lipinski definition) is 2. The summed E-state index contributed by atoms with van der Waals surface area (Å²) in [5.74, 6) is 1.31. The lowest BCUT2D eigenvalue weighted by Crippen LogP contribution is -2.36. The first-order valence-corrected chi connectivity index (χ1v) is 6.00. The minimum absolute atomic E-state index is 0.342. The van der Waals surface area contributed by atoms with Gasteiger partial charge in [0.05, 0.1) is 6.07 Å². The monoisotopic (exact) mass is 192 g/mol. The molecule has 1 aliphatic carbocycles. The molecule has 0 bridgehead atoms. The maximum Gasteiger partial charge on any atom is 0.0656 e. The van der Waals surface area contributed by atoms with E-state index in [0.717, 1.165) is 31.8 Å². The highest BCUT2D eigenvalue weighted by Gasteiger charge is 2.22. The summed E-state index contributed by atoms with van der Waals surface area (Å²) in [7, 11) is 0. The highest BCUT2D eigenvalue weighted by molar-refractivity contribution is 4.87. The zero-order valence-electron chi connectivity index (χ0n) is 8.91. The van der Waals surface area contributed by atoms with E-state index in [2.05, 4.69) is 11.0 Å². The van der Waals surface area contributed by atoms with Crippen LogP contribution in [-0.2, 0) is 0 Å². The summed E-state index contributed by atoms with van der Waals surface area (Å²) in [6.07, 6.45) is 7.97. The highest BCUT2D eigenvalue weighted by atomic mass is 15.1. The predicted octanol–water partition coefficient (Wildman–Crippen LogP) is 2.41. The number of likely N-dealkylation sites (tertiary alicyclic amines) is 1. The Labute approximate surface area is 86.9 Å². The van der Waals surface area contributed by atoms with Gasteiger partial charge in [-0.2, -0.15) is 5.26 Å². The quantitative estimate of drug-likeness (QED) is 0.672. The molecule has 0 unspecified atom stereocenters. The normalized spacial score (nSPS) is 26.5. The Morgan fingerprint density at radius 2 is 1.71 bits per heavy atom. The third-order valence-electron chi connectivity index (χ3n) is 3.76. The van der Waals surface area contributed by atoms with Gasteiger partial charge >= 0.3 is 0 Å². The summed E-state index contributed by atoms with van der Waals surface area (Å²) >= 11 is 0. The zero-order chi connectivity index (χ0) is 9.80. The molecule has 0 aromatic rings. The summed E-state index contributed by atoms with van der Waals surface area (Å²) in [4.78, 5) is 2.57. The Balaban J connectivity index is 1.70. The number of rotatable bonds is 2. The van der Waals surface area contributed by atoms with Crippen molar-refractivity contribution in [3.05, 3.63) is 0 Å². The molecule has 1 aliphatic heterocycles. The van der Waals surface area contributed by atoms with E-state index >= 15 is 0 Å². The smallest absolute Gasteiger partial charge is 0.0656 e. The van der Waals surface area contributed by atoms with Crippen LogP contribution in [0, 0.1) is 23.2 Å². The minimum Gasteiger partial charge on any atom is -0.303 e. The van der Waals surface area contributed by atoms with Crippen molar-refractivity contribution in [3.8, 4) is 6.07 Å². The molecule has 0 aromatic heterocycles. The topological polar surface area (TPSA) is 27.0 Å². The third-order valence-corrected chi connectivity index (χ3v) is 3.76. The Bertz CT molecular complexity index is 205. The first-order valence-electron chi connectivity index (χ1n) is 6.00. The highest BCUT2D eigenvalue weighted by Crippen LogP contribution is 2.27. The van der Waals surface area contributed by atoms with Gasteiger partial charge < -0.3 is 4.90 Å². The van der Waals surface area contributed by atoms with E-state index in [1.54, 1.807) is 0 Å². The van der Waals surface area contributed by atoms with Gasteiger partial charge in [-0.3, -0.25) is 0 Å². The van der Waals surface area contributed by atoms with Gasteiger partial charge in [0.2, 0.25) is 0 Å². The maximum absolute atomic E-state index is 8.79. The lowest BCUT2D eigenvalue weighted by atomic mass is 9.97. The van der Waals surface area contributed by atoms with E-state index in [1.165, 1.54) is 32.2 Å². The first kappa shape index (κ1) is 9.98. The minimum atomic E-state index is 0.342. The molecule has 2 rings (SSSR count). The van der Waals surface area contributed by atoms with E-state index in [4.69, 9.17) is 5.26 Å².